The Hall–Kier alpha value is -2.09. The first-order valence-electron chi connectivity index (χ1n) is 5.27. The number of carboxylic acid groups (broad SMARTS) is 1. The molecule has 1 aromatic rings. The molecule has 0 saturated carbocycles. The Labute approximate surface area is 110 Å². The van der Waals surface area contributed by atoms with Crippen molar-refractivity contribution in [2.24, 2.45) is 0 Å². The van der Waals surface area contributed by atoms with Crippen LogP contribution in [0.4, 0.5) is 10.5 Å². The summed E-state index contributed by atoms with van der Waals surface area (Å²) in [5, 5.41) is 12.7. The molecule has 2 amide bonds. The van der Waals surface area contributed by atoms with Gasteiger partial charge in [-0.15, -0.1) is 0 Å². The summed E-state index contributed by atoms with van der Waals surface area (Å²) in [6.07, 6.45) is -0.233. The third-order valence-corrected chi connectivity index (χ3v) is 3.51. The van der Waals surface area contributed by atoms with Crippen LogP contribution in [-0.2, 0) is 14.6 Å². The molecule has 0 aliphatic carbocycles. The first kappa shape index (κ1) is 15.0. The molecule has 1 aromatic carbocycles. The molecule has 0 saturated heterocycles. The van der Waals surface area contributed by atoms with E-state index in [-0.39, 0.29) is 4.90 Å². The molecule has 3 N–H and O–H groups in total. The van der Waals surface area contributed by atoms with Crippen LogP contribution >= 0.6 is 0 Å². The smallest absolute Gasteiger partial charge is 0.405 e. The Morgan fingerprint density at radius 1 is 1.32 bits per heavy atom. The Kier molecular flexibility index (Phi) is 4.49. The van der Waals surface area contributed by atoms with Gasteiger partial charge in [0.25, 0.3) is 0 Å². The fourth-order valence-corrected chi connectivity index (χ4v) is 2.43. The Morgan fingerprint density at radius 2 is 1.95 bits per heavy atom. The topological polar surface area (TPSA) is 113 Å². The number of anilines is 1. The summed E-state index contributed by atoms with van der Waals surface area (Å²) < 4.78 is 23.0. The molecule has 1 rings (SSSR count). The highest BCUT2D eigenvalue weighted by Crippen LogP contribution is 2.19. The zero-order chi connectivity index (χ0) is 14.6. The van der Waals surface area contributed by atoms with E-state index in [4.69, 9.17) is 5.11 Å². The van der Waals surface area contributed by atoms with E-state index in [9.17, 15) is 18.0 Å². The molecule has 0 spiro atoms. The average molecular weight is 286 g/mol. The van der Waals surface area contributed by atoms with Crippen molar-refractivity contribution in [2.45, 2.75) is 11.8 Å². The summed E-state index contributed by atoms with van der Waals surface area (Å²) in [6, 6.07) is 4.45. The SMILES string of the molecule is Cc1ccc(NC(=O)CNC(=O)O)cc1S(C)(=O)=O. The minimum Gasteiger partial charge on any atom is -0.465 e. The molecule has 7 nitrogen and oxygen atoms in total. The number of hydrogen-bond acceptors (Lipinski definition) is 4. The molecule has 0 aromatic heterocycles. The van der Waals surface area contributed by atoms with Gasteiger partial charge in [0.05, 0.1) is 4.90 Å². The molecule has 19 heavy (non-hydrogen) atoms. The maximum atomic E-state index is 11.5. The number of amides is 2. The van der Waals surface area contributed by atoms with Crippen LogP contribution in [0.3, 0.4) is 0 Å². The van der Waals surface area contributed by atoms with Crippen LogP contribution in [0.25, 0.3) is 0 Å². The summed E-state index contributed by atoms with van der Waals surface area (Å²) in [6.45, 7) is 1.24. The van der Waals surface area contributed by atoms with Gasteiger partial charge in [0.1, 0.15) is 6.54 Å². The van der Waals surface area contributed by atoms with E-state index in [0.29, 0.717) is 11.3 Å². The lowest BCUT2D eigenvalue weighted by molar-refractivity contribution is -0.115. The van der Waals surface area contributed by atoms with E-state index in [2.05, 4.69) is 5.32 Å². The van der Waals surface area contributed by atoms with Gasteiger partial charge in [-0.05, 0) is 24.6 Å². The molecule has 0 atom stereocenters. The van der Waals surface area contributed by atoms with Gasteiger partial charge in [0.2, 0.25) is 5.91 Å². The molecule has 0 heterocycles. The molecule has 0 radical (unpaired) electrons. The van der Waals surface area contributed by atoms with Gasteiger partial charge in [-0.25, -0.2) is 13.2 Å². The predicted molar refractivity (Wildman–Crippen MR) is 68.9 cm³/mol. The molecular weight excluding hydrogens is 272 g/mol. The average Bonchev–Trinajstić information content (AvgIpc) is 2.27. The van der Waals surface area contributed by atoms with Gasteiger partial charge in [-0.2, -0.15) is 0 Å². The molecule has 0 aliphatic rings. The van der Waals surface area contributed by atoms with Crippen LogP contribution in [-0.4, -0.2) is 38.3 Å². The summed E-state index contributed by atoms with van der Waals surface area (Å²) >= 11 is 0. The van der Waals surface area contributed by atoms with E-state index in [1.54, 1.807) is 19.1 Å². The predicted octanol–water partition coefficient (Wildman–Crippen LogP) is 0.605. The van der Waals surface area contributed by atoms with Gasteiger partial charge >= 0.3 is 6.09 Å². The molecule has 8 heteroatoms. The fraction of sp³-hybridized carbons (Fsp3) is 0.273. The van der Waals surface area contributed by atoms with Crippen LogP contribution in [0, 0.1) is 6.92 Å². The highest BCUT2D eigenvalue weighted by molar-refractivity contribution is 7.90. The number of carbonyl (C=O) groups is 2. The van der Waals surface area contributed by atoms with E-state index >= 15 is 0 Å². The minimum absolute atomic E-state index is 0.122. The molecule has 0 bridgehead atoms. The Bertz CT molecular complexity index is 610. The normalized spacial score (nSPS) is 10.8. The summed E-state index contributed by atoms with van der Waals surface area (Å²) in [5.74, 6) is -0.578. The highest BCUT2D eigenvalue weighted by atomic mass is 32.2. The first-order valence-corrected chi connectivity index (χ1v) is 7.16. The van der Waals surface area contributed by atoms with Crippen LogP contribution in [0.5, 0.6) is 0 Å². The van der Waals surface area contributed by atoms with E-state index in [0.717, 1.165) is 6.26 Å². The Balaban J connectivity index is 2.86. The zero-order valence-corrected chi connectivity index (χ0v) is 11.2. The zero-order valence-electron chi connectivity index (χ0n) is 10.4. The van der Waals surface area contributed by atoms with Crippen LogP contribution in [0.15, 0.2) is 23.1 Å². The number of rotatable bonds is 4. The molecule has 0 fully saturated rings. The maximum Gasteiger partial charge on any atom is 0.405 e. The third kappa shape index (κ3) is 4.59. The second-order valence-electron chi connectivity index (χ2n) is 3.96. The van der Waals surface area contributed by atoms with Gasteiger partial charge in [-0.3, -0.25) is 4.79 Å². The van der Waals surface area contributed by atoms with Crippen LogP contribution in [0.2, 0.25) is 0 Å². The van der Waals surface area contributed by atoms with Gasteiger partial charge in [-0.1, -0.05) is 6.07 Å². The number of hydrogen-bond donors (Lipinski definition) is 3. The quantitative estimate of drug-likeness (QED) is 0.750. The third-order valence-electron chi connectivity index (χ3n) is 2.27. The molecule has 104 valence electrons. The van der Waals surface area contributed by atoms with Crippen molar-refractivity contribution >= 4 is 27.5 Å². The highest BCUT2D eigenvalue weighted by Gasteiger charge is 2.12. The lowest BCUT2D eigenvalue weighted by Crippen LogP contribution is -2.31. The van der Waals surface area contributed by atoms with Gasteiger partial charge in [0, 0.05) is 11.9 Å². The standard InChI is InChI=1S/C11H14N2O5S/c1-7-3-4-8(5-9(7)19(2,17)18)13-10(14)6-12-11(15)16/h3-5,12H,6H2,1-2H3,(H,13,14)(H,15,16). The summed E-state index contributed by atoms with van der Waals surface area (Å²) in [4.78, 5) is 21.7. The van der Waals surface area contributed by atoms with E-state index in [1.165, 1.54) is 6.07 Å². The lowest BCUT2D eigenvalue weighted by Gasteiger charge is -2.09. The minimum atomic E-state index is -3.38. The van der Waals surface area contributed by atoms with Crippen molar-refractivity contribution in [2.75, 3.05) is 18.1 Å². The van der Waals surface area contributed by atoms with Crippen molar-refractivity contribution in [3.63, 3.8) is 0 Å². The second kappa shape index (κ2) is 5.70. The first-order chi connectivity index (χ1) is 8.70. The molecule has 0 unspecified atom stereocenters. The summed E-state index contributed by atoms with van der Waals surface area (Å²) in [5.41, 5.74) is 0.868. The maximum absolute atomic E-state index is 11.5. The fourth-order valence-electron chi connectivity index (χ4n) is 1.44. The van der Waals surface area contributed by atoms with Crippen molar-refractivity contribution < 1.29 is 23.1 Å². The van der Waals surface area contributed by atoms with Gasteiger partial charge in [0.15, 0.2) is 9.84 Å². The number of benzene rings is 1. The van der Waals surface area contributed by atoms with E-state index < -0.39 is 28.4 Å². The van der Waals surface area contributed by atoms with Crippen LogP contribution in [0.1, 0.15) is 5.56 Å². The second-order valence-corrected chi connectivity index (χ2v) is 5.94. The Morgan fingerprint density at radius 3 is 2.47 bits per heavy atom. The largest absolute Gasteiger partial charge is 0.465 e. The van der Waals surface area contributed by atoms with Crippen molar-refractivity contribution in [3.05, 3.63) is 23.8 Å². The lowest BCUT2D eigenvalue weighted by atomic mass is 10.2. The van der Waals surface area contributed by atoms with Crippen molar-refractivity contribution in [3.8, 4) is 0 Å². The van der Waals surface area contributed by atoms with Crippen molar-refractivity contribution in [1.29, 1.82) is 0 Å². The van der Waals surface area contributed by atoms with Crippen molar-refractivity contribution in [1.82, 2.24) is 5.32 Å². The number of nitrogens with one attached hydrogen (secondary N) is 2. The van der Waals surface area contributed by atoms with Crippen LogP contribution < -0.4 is 10.6 Å². The number of carbonyl (C=O) groups excluding carboxylic acids is 1. The van der Waals surface area contributed by atoms with Gasteiger partial charge < -0.3 is 15.7 Å². The summed E-state index contributed by atoms with van der Waals surface area (Å²) in [7, 11) is -3.38. The molecular formula is C11H14N2O5S. The number of aryl methyl sites for hydroxylation is 1. The molecule has 0 aliphatic heterocycles. The van der Waals surface area contributed by atoms with E-state index in [1.807, 2.05) is 5.32 Å². The number of sulfone groups is 1. The monoisotopic (exact) mass is 286 g/mol.